The number of nitrogens with zero attached hydrogens (tertiary/aromatic N) is 1. The number of halogens is 1. The van der Waals surface area contributed by atoms with Gasteiger partial charge in [0.05, 0.1) is 25.3 Å². The first-order valence-electron chi connectivity index (χ1n) is 9.06. The molecule has 2 aromatic carbocycles. The van der Waals surface area contributed by atoms with Gasteiger partial charge in [0.1, 0.15) is 11.5 Å². The highest BCUT2D eigenvalue weighted by Gasteiger charge is 2.45. The van der Waals surface area contributed by atoms with Gasteiger partial charge in [0.15, 0.2) is 0 Å². The van der Waals surface area contributed by atoms with Crippen LogP contribution in [0.15, 0.2) is 52.5 Å². The van der Waals surface area contributed by atoms with Crippen molar-refractivity contribution in [1.29, 1.82) is 0 Å². The summed E-state index contributed by atoms with van der Waals surface area (Å²) in [6.45, 7) is 2.36. The number of aliphatic hydroxyl groups excluding tert-OH is 1. The number of carbonyl (C=O) groups is 2. The zero-order valence-electron chi connectivity index (χ0n) is 16.4. The van der Waals surface area contributed by atoms with E-state index in [1.165, 1.54) is 12.0 Å². The van der Waals surface area contributed by atoms with Crippen LogP contribution in [0.3, 0.4) is 0 Å². The number of hydrogen-bond acceptors (Lipinski definition) is 5. The molecule has 0 radical (unpaired) electrons. The van der Waals surface area contributed by atoms with Gasteiger partial charge in [0.2, 0.25) is 0 Å². The van der Waals surface area contributed by atoms with E-state index in [9.17, 15) is 14.7 Å². The molecule has 1 aliphatic heterocycles. The summed E-state index contributed by atoms with van der Waals surface area (Å²) in [4.78, 5) is 27.1. The second-order valence-corrected chi connectivity index (χ2v) is 7.64. The van der Waals surface area contributed by atoms with E-state index in [2.05, 4.69) is 15.9 Å². The second-order valence-electron chi connectivity index (χ2n) is 6.72. The van der Waals surface area contributed by atoms with Crippen molar-refractivity contribution in [3.05, 3.63) is 69.2 Å². The van der Waals surface area contributed by atoms with Crippen molar-refractivity contribution in [2.45, 2.75) is 13.0 Å². The maximum absolute atomic E-state index is 12.9. The molecule has 0 bridgehead atoms. The molecule has 0 saturated carbocycles. The van der Waals surface area contributed by atoms with Crippen LogP contribution in [0.2, 0.25) is 0 Å². The average molecular weight is 460 g/mol. The standard InChI is InChI=1S/C22H22BrNO5/c1-13-11-15(7-8-17(13)29-3)20(25)18-19(14-5-4-6-16(23)12-14)24(9-10-28-2)22(27)21(18)26/h4-8,11-12,19,25H,9-10H2,1-3H3/b20-18+. The number of carbonyl (C=O) groups excluding carboxylic acids is 2. The second kappa shape index (κ2) is 8.80. The fourth-order valence-corrected chi connectivity index (χ4v) is 3.92. The Morgan fingerprint density at radius 2 is 1.93 bits per heavy atom. The molecular formula is C22H22BrNO5. The summed E-state index contributed by atoms with van der Waals surface area (Å²) in [6.07, 6.45) is 0. The Labute approximate surface area is 177 Å². The number of benzene rings is 2. The summed E-state index contributed by atoms with van der Waals surface area (Å²) < 4.78 is 11.2. The highest BCUT2D eigenvalue weighted by Crippen LogP contribution is 2.40. The molecular weight excluding hydrogens is 438 g/mol. The number of aryl methyl sites for hydroxylation is 1. The Morgan fingerprint density at radius 1 is 1.17 bits per heavy atom. The Morgan fingerprint density at radius 3 is 2.55 bits per heavy atom. The van der Waals surface area contributed by atoms with E-state index in [-0.39, 0.29) is 24.5 Å². The summed E-state index contributed by atoms with van der Waals surface area (Å²) in [5.74, 6) is -0.902. The van der Waals surface area contributed by atoms with E-state index in [0.29, 0.717) is 11.3 Å². The number of likely N-dealkylation sites (tertiary alicyclic amines) is 1. The number of ether oxygens (including phenoxy) is 2. The molecule has 6 nitrogen and oxygen atoms in total. The molecule has 2 aromatic rings. The maximum atomic E-state index is 12.9. The van der Waals surface area contributed by atoms with Crippen molar-refractivity contribution in [2.24, 2.45) is 0 Å². The average Bonchev–Trinajstić information content (AvgIpc) is 2.96. The summed E-state index contributed by atoms with van der Waals surface area (Å²) in [7, 11) is 3.10. The van der Waals surface area contributed by atoms with Crippen LogP contribution in [0.1, 0.15) is 22.7 Å². The van der Waals surface area contributed by atoms with Gasteiger partial charge in [-0.1, -0.05) is 28.1 Å². The fraction of sp³-hybridized carbons (Fsp3) is 0.273. The summed E-state index contributed by atoms with van der Waals surface area (Å²) in [5.41, 5.74) is 2.05. The van der Waals surface area contributed by atoms with E-state index in [0.717, 1.165) is 15.6 Å². The van der Waals surface area contributed by atoms with Crippen molar-refractivity contribution in [1.82, 2.24) is 4.90 Å². The van der Waals surface area contributed by atoms with Crippen LogP contribution in [-0.4, -0.2) is 49.1 Å². The molecule has 7 heteroatoms. The number of Topliss-reactive ketones (excluding diaryl/α,β-unsaturated/α-hetero) is 1. The molecule has 1 N–H and O–H groups in total. The van der Waals surface area contributed by atoms with E-state index in [1.54, 1.807) is 25.3 Å². The van der Waals surface area contributed by atoms with Crippen molar-refractivity contribution in [2.75, 3.05) is 27.4 Å². The zero-order valence-corrected chi connectivity index (χ0v) is 18.0. The third kappa shape index (κ3) is 4.06. The lowest BCUT2D eigenvalue weighted by Crippen LogP contribution is -2.32. The maximum Gasteiger partial charge on any atom is 0.295 e. The molecule has 0 aliphatic carbocycles. The highest BCUT2D eigenvalue weighted by molar-refractivity contribution is 9.10. The van der Waals surface area contributed by atoms with E-state index in [4.69, 9.17) is 9.47 Å². The first kappa shape index (κ1) is 21.1. The van der Waals surface area contributed by atoms with E-state index < -0.39 is 17.7 Å². The van der Waals surface area contributed by atoms with Gasteiger partial charge >= 0.3 is 0 Å². The Bertz CT molecular complexity index is 985. The van der Waals surface area contributed by atoms with Gasteiger partial charge in [-0.2, -0.15) is 0 Å². The molecule has 1 saturated heterocycles. The molecule has 1 unspecified atom stereocenters. The first-order valence-corrected chi connectivity index (χ1v) is 9.86. The molecule has 1 aliphatic rings. The van der Waals surface area contributed by atoms with Crippen molar-refractivity contribution >= 4 is 33.4 Å². The molecule has 1 heterocycles. The lowest BCUT2D eigenvalue weighted by molar-refractivity contribution is -0.140. The lowest BCUT2D eigenvalue weighted by atomic mass is 9.95. The van der Waals surface area contributed by atoms with Crippen LogP contribution < -0.4 is 4.74 Å². The van der Waals surface area contributed by atoms with Gasteiger partial charge in [-0.05, 0) is 48.4 Å². The molecule has 3 rings (SSSR count). The SMILES string of the molecule is COCCN1C(=O)C(=O)/C(=C(/O)c2ccc(OC)c(C)c2)C1c1cccc(Br)c1. The third-order valence-electron chi connectivity index (χ3n) is 4.91. The Balaban J connectivity index is 2.17. The van der Waals surface area contributed by atoms with Crippen LogP contribution in [0.5, 0.6) is 5.75 Å². The molecule has 29 heavy (non-hydrogen) atoms. The van der Waals surface area contributed by atoms with E-state index >= 15 is 0 Å². The minimum atomic E-state index is -0.711. The monoisotopic (exact) mass is 459 g/mol. The number of amides is 1. The molecule has 1 atom stereocenters. The van der Waals surface area contributed by atoms with Gasteiger partial charge in [-0.3, -0.25) is 9.59 Å². The number of hydrogen-bond donors (Lipinski definition) is 1. The van der Waals surface area contributed by atoms with E-state index in [1.807, 2.05) is 31.2 Å². The third-order valence-corrected chi connectivity index (χ3v) is 5.40. The number of methoxy groups -OCH3 is 2. The lowest BCUT2D eigenvalue weighted by Gasteiger charge is -2.25. The van der Waals surface area contributed by atoms with Crippen LogP contribution >= 0.6 is 15.9 Å². The quantitative estimate of drug-likeness (QED) is 0.403. The Kier molecular flexibility index (Phi) is 6.39. The van der Waals surface area contributed by atoms with Gasteiger partial charge < -0.3 is 19.5 Å². The Hall–Kier alpha value is -2.64. The fourth-order valence-electron chi connectivity index (χ4n) is 3.50. The molecule has 1 fully saturated rings. The summed E-state index contributed by atoms with van der Waals surface area (Å²) in [5, 5.41) is 11.0. The van der Waals surface area contributed by atoms with Crippen LogP contribution in [0, 0.1) is 6.92 Å². The molecule has 152 valence electrons. The smallest absolute Gasteiger partial charge is 0.295 e. The number of ketones is 1. The molecule has 0 aromatic heterocycles. The molecule has 1 amide bonds. The van der Waals surface area contributed by atoms with Gasteiger partial charge in [-0.15, -0.1) is 0 Å². The summed E-state index contributed by atoms with van der Waals surface area (Å²) in [6, 6.07) is 11.8. The van der Waals surface area contributed by atoms with Crippen molar-refractivity contribution in [3.8, 4) is 5.75 Å². The van der Waals surface area contributed by atoms with Gasteiger partial charge in [0, 0.05) is 23.7 Å². The van der Waals surface area contributed by atoms with Gasteiger partial charge in [0.25, 0.3) is 11.7 Å². The predicted molar refractivity (Wildman–Crippen MR) is 113 cm³/mol. The highest BCUT2D eigenvalue weighted by atomic mass is 79.9. The minimum absolute atomic E-state index is 0.0637. The zero-order chi connectivity index (χ0) is 21.1. The number of aliphatic hydroxyl groups is 1. The topological polar surface area (TPSA) is 76.1 Å². The predicted octanol–water partition coefficient (Wildman–Crippen LogP) is 3.83. The van der Waals surface area contributed by atoms with Crippen LogP contribution in [0.4, 0.5) is 0 Å². The molecule has 0 spiro atoms. The number of rotatable bonds is 6. The summed E-state index contributed by atoms with van der Waals surface area (Å²) >= 11 is 3.43. The first-order chi connectivity index (χ1) is 13.9. The normalized spacial score (nSPS) is 18.3. The minimum Gasteiger partial charge on any atom is -0.507 e. The largest absolute Gasteiger partial charge is 0.507 e. The van der Waals surface area contributed by atoms with Crippen molar-refractivity contribution < 1.29 is 24.2 Å². The van der Waals surface area contributed by atoms with Gasteiger partial charge in [-0.25, -0.2) is 0 Å². The van der Waals surface area contributed by atoms with Crippen molar-refractivity contribution in [3.63, 3.8) is 0 Å². The van der Waals surface area contributed by atoms with Crippen LogP contribution in [-0.2, 0) is 14.3 Å². The van der Waals surface area contributed by atoms with Crippen LogP contribution in [0.25, 0.3) is 5.76 Å².